The van der Waals surface area contributed by atoms with E-state index in [1.54, 1.807) is 0 Å². The molecule has 0 atom stereocenters. The predicted octanol–water partition coefficient (Wildman–Crippen LogP) is 7.03. The van der Waals surface area contributed by atoms with Gasteiger partial charge in [0.05, 0.1) is 11.4 Å². The summed E-state index contributed by atoms with van der Waals surface area (Å²) in [4.78, 5) is 7.23. The van der Waals surface area contributed by atoms with Gasteiger partial charge in [0.15, 0.2) is 5.76 Å². The zero-order valence-electron chi connectivity index (χ0n) is 19.0. The first-order valence-corrected chi connectivity index (χ1v) is 11.9. The molecule has 6 rings (SSSR count). The van der Waals surface area contributed by atoms with Crippen LogP contribution in [0.15, 0.2) is 101 Å². The molecule has 5 aromatic rings. The summed E-state index contributed by atoms with van der Waals surface area (Å²) in [6, 6.07) is 28.7. The molecule has 1 fully saturated rings. The lowest BCUT2D eigenvalue weighted by atomic mass is 10.1. The van der Waals surface area contributed by atoms with Gasteiger partial charge in [0.2, 0.25) is 0 Å². The maximum atomic E-state index is 6.14. The molecule has 168 valence electrons. The molecule has 0 saturated carbocycles. The van der Waals surface area contributed by atoms with Crippen molar-refractivity contribution in [1.29, 1.82) is 0 Å². The lowest BCUT2D eigenvalue weighted by Gasteiger charge is -2.28. The van der Waals surface area contributed by atoms with Crippen molar-refractivity contribution >= 4 is 28.6 Å². The highest BCUT2D eigenvalue weighted by Gasteiger charge is 2.16. The maximum absolute atomic E-state index is 6.14. The Morgan fingerprint density at radius 1 is 0.794 bits per heavy atom. The fourth-order valence-corrected chi connectivity index (χ4v) is 4.53. The van der Waals surface area contributed by atoms with E-state index >= 15 is 0 Å². The zero-order valence-corrected chi connectivity index (χ0v) is 19.0. The summed E-state index contributed by atoms with van der Waals surface area (Å²) in [7, 11) is 0. The van der Waals surface area contributed by atoms with Gasteiger partial charge in [-0.05, 0) is 67.8 Å². The SMILES string of the molecule is C(=Nc1ccc(N2CCCCC2)cc1)c1cn(-c2ccccc2)nc1-c1cc2ccccc2o1. The van der Waals surface area contributed by atoms with Crippen LogP contribution in [-0.2, 0) is 0 Å². The van der Waals surface area contributed by atoms with Crippen molar-refractivity contribution in [2.45, 2.75) is 19.3 Å². The second kappa shape index (κ2) is 9.02. The number of fused-ring (bicyclic) bond motifs is 1. The number of aromatic nitrogens is 2. The number of benzene rings is 3. The average molecular weight is 447 g/mol. The van der Waals surface area contributed by atoms with E-state index < -0.39 is 0 Å². The first-order valence-electron chi connectivity index (χ1n) is 11.9. The van der Waals surface area contributed by atoms with Gasteiger partial charge in [-0.2, -0.15) is 5.10 Å². The smallest absolute Gasteiger partial charge is 0.156 e. The summed E-state index contributed by atoms with van der Waals surface area (Å²) in [6.07, 6.45) is 7.77. The highest BCUT2D eigenvalue weighted by atomic mass is 16.3. The van der Waals surface area contributed by atoms with E-state index in [0.29, 0.717) is 0 Å². The normalized spacial score (nSPS) is 14.3. The highest BCUT2D eigenvalue weighted by Crippen LogP contribution is 2.30. The Kier molecular flexibility index (Phi) is 5.44. The zero-order chi connectivity index (χ0) is 22.7. The molecule has 0 unspecified atom stereocenters. The Morgan fingerprint density at radius 2 is 1.56 bits per heavy atom. The maximum Gasteiger partial charge on any atom is 0.156 e. The van der Waals surface area contributed by atoms with Crippen molar-refractivity contribution in [1.82, 2.24) is 9.78 Å². The van der Waals surface area contributed by atoms with Gasteiger partial charge in [0.25, 0.3) is 0 Å². The Labute approximate surface area is 199 Å². The molecule has 0 N–H and O–H groups in total. The summed E-state index contributed by atoms with van der Waals surface area (Å²) in [6.45, 7) is 2.28. The molecule has 2 aromatic heterocycles. The molecule has 0 bridgehead atoms. The van der Waals surface area contributed by atoms with Gasteiger partial charge in [0, 0.05) is 42.1 Å². The standard InChI is InChI=1S/C29H26N4O/c1-3-10-26(11-4-1)33-21-23(29(31-33)28-19-22-9-5-6-12-27(22)34-28)20-30-24-13-15-25(16-14-24)32-17-7-2-8-18-32/h1,3-6,9-16,19-21H,2,7-8,17-18H2. The average Bonchev–Trinajstić information content (AvgIpc) is 3.53. The second-order valence-corrected chi connectivity index (χ2v) is 8.68. The van der Waals surface area contributed by atoms with Crippen LogP contribution < -0.4 is 4.90 Å². The third-order valence-corrected chi connectivity index (χ3v) is 6.35. The Morgan fingerprint density at radius 3 is 2.35 bits per heavy atom. The van der Waals surface area contributed by atoms with Gasteiger partial charge >= 0.3 is 0 Å². The van der Waals surface area contributed by atoms with Crippen LogP contribution in [0.2, 0.25) is 0 Å². The van der Waals surface area contributed by atoms with Crippen LogP contribution in [0.4, 0.5) is 11.4 Å². The van der Waals surface area contributed by atoms with Crippen LogP contribution in [-0.4, -0.2) is 29.1 Å². The molecule has 5 heteroatoms. The van der Waals surface area contributed by atoms with E-state index in [2.05, 4.69) is 29.2 Å². The number of hydrogen-bond donors (Lipinski definition) is 0. The van der Waals surface area contributed by atoms with Crippen molar-refractivity contribution in [3.05, 3.63) is 96.7 Å². The number of nitrogens with zero attached hydrogens (tertiary/aromatic N) is 4. The summed E-state index contributed by atoms with van der Waals surface area (Å²) < 4.78 is 8.01. The fraction of sp³-hybridized carbons (Fsp3) is 0.172. The Hall–Kier alpha value is -4.12. The topological polar surface area (TPSA) is 46.6 Å². The lowest BCUT2D eigenvalue weighted by Crippen LogP contribution is -2.29. The third-order valence-electron chi connectivity index (χ3n) is 6.35. The molecule has 0 aliphatic carbocycles. The van der Waals surface area contributed by atoms with Crippen molar-refractivity contribution in [3.8, 4) is 17.1 Å². The Balaban J connectivity index is 1.34. The van der Waals surface area contributed by atoms with Crippen LogP contribution in [0.3, 0.4) is 0 Å². The largest absolute Gasteiger partial charge is 0.454 e. The van der Waals surface area contributed by atoms with Crippen LogP contribution in [0.25, 0.3) is 28.1 Å². The van der Waals surface area contributed by atoms with E-state index in [-0.39, 0.29) is 0 Å². The lowest BCUT2D eigenvalue weighted by molar-refractivity contribution is 0.578. The van der Waals surface area contributed by atoms with Crippen molar-refractivity contribution in [2.75, 3.05) is 18.0 Å². The number of furan rings is 1. The summed E-state index contributed by atoms with van der Waals surface area (Å²) in [5, 5.41) is 5.92. The number of hydrogen-bond acceptors (Lipinski definition) is 4. The number of para-hydroxylation sites is 2. The summed E-state index contributed by atoms with van der Waals surface area (Å²) in [5.41, 5.74) is 5.72. The van der Waals surface area contributed by atoms with Gasteiger partial charge in [-0.3, -0.25) is 4.99 Å². The van der Waals surface area contributed by atoms with Crippen LogP contribution in [0.1, 0.15) is 24.8 Å². The van der Waals surface area contributed by atoms with E-state index in [4.69, 9.17) is 14.5 Å². The molecular weight excluding hydrogens is 420 g/mol. The molecular formula is C29H26N4O. The first kappa shape index (κ1) is 20.5. The molecule has 1 aliphatic rings. The van der Waals surface area contributed by atoms with Crippen molar-refractivity contribution in [3.63, 3.8) is 0 Å². The van der Waals surface area contributed by atoms with Crippen molar-refractivity contribution in [2.24, 2.45) is 4.99 Å². The van der Waals surface area contributed by atoms with Gasteiger partial charge in [-0.15, -0.1) is 0 Å². The monoisotopic (exact) mass is 446 g/mol. The summed E-state index contributed by atoms with van der Waals surface area (Å²) >= 11 is 0. The first-order chi connectivity index (χ1) is 16.8. The minimum Gasteiger partial charge on any atom is -0.454 e. The molecule has 3 aromatic carbocycles. The quantitative estimate of drug-likeness (QED) is 0.272. The van der Waals surface area contributed by atoms with Gasteiger partial charge in [0.1, 0.15) is 11.3 Å². The van der Waals surface area contributed by atoms with Crippen LogP contribution in [0.5, 0.6) is 0 Å². The molecule has 0 amide bonds. The number of piperidine rings is 1. The number of aliphatic imine (C=N–C) groups is 1. The van der Waals surface area contributed by atoms with Gasteiger partial charge < -0.3 is 9.32 Å². The van der Waals surface area contributed by atoms with Crippen LogP contribution >= 0.6 is 0 Å². The second-order valence-electron chi connectivity index (χ2n) is 8.68. The van der Waals surface area contributed by atoms with Crippen LogP contribution in [0, 0.1) is 0 Å². The number of rotatable bonds is 5. The van der Waals surface area contributed by atoms with E-state index in [1.807, 2.05) is 77.8 Å². The van der Waals surface area contributed by atoms with E-state index in [0.717, 1.165) is 52.5 Å². The number of anilines is 1. The Bertz CT molecular complexity index is 1390. The molecule has 5 nitrogen and oxygen atoms in total. The molecule has 1 saturated heterocycles. The van der Waals surface area contributed by atoms with E-state index in [1.165, 1.54) is 24.9 Å². The molecule has 34 heavy (non-hydrogen) atoms. The predicted molar refractivity (Wildman–Crippen MR) is 139 cm³/mol. The molecule has 3 heterocycles. The van der Waals surface area contributed by atoms with Gasteiger partial charge in [-0.25, -0.2) is 4.68 Å². The molecule has 0 spiro atoms. The minimum absolute atomic E-state index is 0.734. The van der Waals surface area contributed by atoms with Crippen molar-refractivity contribution < 1.29 is 4.42 Å². The minimum atomic E-state index is 0.734. The van der Waals surface area contributed by atoms with E-state index in [9.17, 15) is 0 Å². The fourth-order valence-electron chi connectivity index (χ4n) is 4.53. The third kappa shape index (κ3) is 4.13. The molecule has 0 radical (unpaired) electrons. The molecule has 1 aliphatic heterocycles. The highest BCUT2D eigenvalue weighted by molar-refractivity contribution is 5.91. The van der Waals surface area contributed by atoms with Gasteiger partial charge in [-0.1, -0.05) is 36.4 Å². The summed E-state index contributed by atoms with van der Waals surface area (Å²) in [5.74, 6) is 0.734.